The van der Waals surface area contributed by atoms with Gasteiger partial charge in [0.2, 0.25) is 0 Å². The molecular formula is C12H29O3Sn. The Kier molecular flexibility index (Phi) is 21.5. The van der Waals surface area contributed by atoms with Crippen LogP contribution < -0.4 is 0 Å². The Labute approximate surface area is 108 Å². The van der Waals surface area contributed by atoms with Crippen LogP contribution in [0.5, 0.6) is 0 Å². The maximum absolute atomic E-state index is 6.62. The van der Waals surface area contributed by atoms with E-state index in [2.05, 4.69) is 25.8 Å². The first-order valence-corrected chi connectivity index (χ1v) is 12.6. The Bertz CT molecular complexity index is 93.4. The van der Waals surface area contributed by atoms with Crippen LogP contribution in [0.1, 0.15) is 59.3 Å². The third-order valence-electron chi connectivity index (χ3n) is 2.65. The van der Waals surface area contributed by atoms with E-state index in [1.165, 1.54) is 38.5 Å². The average molecular weight is 340 g/mol. The Balaban J connectivity index is 0. The molecule has 0 aliphatic rings. The van der Waals surface area contributed by atoms with Gasteiger partial charge in [-0.15, -0.1) is 0 Å². The van der Waals surface area contributed by atoms with Crippen LogP contribution in [-0.2, 0) is 5.04 Å². The minimum Gasteiger partial charge on any atom is -0.221 e. The molecule has 0 aromatic heterocycles. The van der Waals surface area contributed by atoms with Crippen molar-refractivity contribution in [3.05, 3.63) is 0 Å². The van der Waals surface area contributed by atoms with Crippen LogP contribution >= 0.6 is 0 Å². The van der Waals surface area contributed by atoms with Gasteiger partial charge in [-0.3, -0.25) is 0 Å². The third kappa shape index (κ3) is 17.1. The SMILES string of the molecule is CCC[CH2][Sn]([CH2]CCC)[CH2]CCC.OOO. The Hall–Kier alpha value is 0.679. The zero-order chi connectivity index (χ0) is 12.6. The smallest absolute Gasteiger partial charge is 0.0737 e. The predicted molar refractivity (Wildman–Crippen MR) is 71.2 cm³/mol. The van der Waals surface area contributed by atoms with E-state index < -0.39 is 19.8 Å². The van der Waals surface area contributed by atoms with Crippen molar-refractivity contribution in [3.8, 4) is 0 Å². The van der Waals surface area contributed by atoms with Crippen LogP contribution in [0.25, 0.3) is 0 Å². The molecule has 0 aromatic carbocycles. The molecule has 0 bridgehead atoms. The zero-order valence-corrected chi connectivity index (χ0v) is 14.0. The minimum absolute atomic E-state index is 0.839. The summed E-state index contributed by atoms with van der Waals surface area (Å²) >= 11 is -0.839. The van der Waals surface area contributed by atoms with Crippen LogP contribution in [0.15, 0.2) is 0 Å². The van der Waals surface area contributed by atoms with Crippen molar-refractivity contribution in [3.63, 3.8) is 0 Å². The molecule has 0 rings (SSSR count). The van der Waals surface area contributed by atoms with Gasteiger partial charge in [-0.25, -0.2) is 10.5 Å². The van der Waals surface area contributed by atoms with Crippen molar-refractivity contribution in [2.75, 3.05) is 0 Å². The van der Waals surface area contributed by atoms with Gasteiger partial charge in [0.25, 0.3) is 0 Å². The largest absolute Gasteiger partial charge is 0.221 e. The number of hydrogen-bond donors (Lipinski definition) is 2. The monoisotopic (exact) mass is 341 g/mol. The molecule has 4 heteroatoms. The van der Waals surface area contributed by atoms with Crippen molar-refractivity contribution in [1.29, 1.82) is 0 Å². The van der Waals surface area contributed by atoms with E-state index in [0.717, 1.165) is 0 Å². The molecule has 0 spiro atoms. The molecule has 16 heavy (non-hydrogen) atoms. The Morgan fingerprint density at radius 1 is 0.750 bits per heavy atom. The average Bonchev–Trinajstić information content (AvgIpc) is 2.29. The number of rotatable bonds is 9. The second-order valence-electron chi connectivity index (χ2n) is 4.14. The van der Waals surface area contributed by atoms with Gasteiger partial charge < -0.3 is 0 Å². The summed E-state index contributed by atoms with van der Waals surface area (Å²) < 4.78 is 5.04. The van der Waals surface area contributed by atoms with E-state index in [-0.39, 0.29) is 0 Å². The summed E-state index contributed by atoms with van der Waals surface area (Å²) in [5.74, 6) is 0. The molecule has 3 nitrogen and oxygen atoms in total. The van der Waals surface area contributed by atoms with Gasteiger partial charge in [-0.05, 0) is 0 Å². The fourth-order valence-corrected chi connectivity index (χ4v) is 11.1. The van der Waals surface area contributed by atoms with Crippen LogP contribution in [0.2, 0.25) is 13.3 Å². The van der Waals surface area contributed by atoms with Crippen molar-refractivity contribution in [2.24, 2.45) is 0 Å². The minimum atomic E-state index is -0.839. The summed E-state index contributed by atoms with van der Waals surface area (Å²) in [5.41, 5.74) is 0. The number of hydrogen-bond acceptors (Lipinski definition) is 3. The standard InChI is InChI=1S/3C4H9.H2O3.Sn/c3*1-3-4-2;1-3-2;/h3*1,3-4H2,2H3;1-2H;. The Morgan fingerprint density at radius 2 is 1.00 bits per heavy atom. The van der Waals surface area contributed by atoms with Crippen molar-refractivity contribution in [1.82, 2.24) is 0 Å². The fourth-order valence-electron chi connectivity index (χ4n) is 1.66. The maximum atomic E-state index is 6.62. The molecule has 99 valence electrons. The van der Waals surface area contributed by atoms with E-state index in [9.17, 15) is 0 Å². The first-order valence-electron chi connectivity index (χ1n) is 6.55. The summed E-state index contributed by atoms with van der Waals surface area (Å²) in [4.78, 5) is 0. The second-order valence-corrected chi connectivity index (χ2v) is 12.7. The van der Waals surface area contributed by atoms with Crippen LogP contribution in [0.4, 0.5) is 0 Å². The van der Waals surface area contributed by atoms with E-state index in [4.69, 9.17) is 10.5 Å². The van der Waals surface area contributed by atoms with E-state index in [1.807, 2.05) is 0 Å². The third-order valence-corrected chi connectivity index (χ3v) is 11.7. The summed E-state index contributed by atoms with van der Waals surface area (Å²) in [7, 11) is 0. The summed E-state index contributed by atoms with van der Waals surface area (Å²) in [5, 5.41) is 15.5. The zero-order valence-electron chi connectivity index (χ0n) is 11.2. The van der Waals surface area contributed by atoms with Crippen molar-refractivity contribution in [2.45, 2.75) is 72.6 Å². The van der Waals surface area contributed by atoms with E-state index >= 15 is 0 Å². The van der Waals surface area contributed by atoms with Gasteiger partial charge >= 0.3 is 92.4 Å². The van der Waals surface area contributed by atoms with Crippen LogP contribution in [0, 0.1) is 0 Å². The first kappa shape index (κ1) is 19.0. The van der Waals surface area contributed by atoms with Gasteiger partial charge in [-0.2, -0.15) is 0 Å². The first-order chi connectivity index (χ1) is 7.76. The van der Waals surface area contributed by atoms with Gasteiger partial charge in [0.15, 0.2) is 0 Å². The molecule has 0 heterocycles. The van der Waals surface area contributed by atoms with Gasteiger partial charge in [-0.1, -0.05) is 5.04 Å². The quantitative estimate of drug-likeness (QED) is 0.359. The molecule has 2 N–H and O–H groups in total. The summed E-state index contributed by atoms with van der Waals surface area (Å²) in [6.07, 6.45) is 8.85. The predicted octanol–water partition coefficient (Wildman–Crippen LogP) is 4.83. The molecule has 0 aliphatic heterocycles. The van der Waals surface area contributed by atoms with Gasteiger partial charge in [0, 0.05) is 0 Å². The van der Waals surface area contributed by atoms with Crippen LogP contribution in [-0.4, -0.2) is 30.3 Å². The summed E-state index contributed by atoms with van der Waals surface area (Å²) in [6, 6.07) is 0. The van der Waals surface area contributed by atoms with Gasteiger partial charge in [0.05, 0.1) is 0 Å². The van der Waals surface area contributed by atoms with Gasteiger partial charge in [0.1, 0.15) is 0 Å². The molecule has 0 aliphatic carbocycles. The molecule has 0 aromatic rings. The normalized spacial score (nSPS) is 10.1. The van der Waals surface area contributed by atoms with Crippen molar-refractivity contribution >= 4 is 19.8 Å². The second kappa shape index (κ2) is 18.1. The topological polar surface area (TPSA) is 49.7 Å². The fraction of sp³-hybridized carbons (Fsp3) is 1.00. The van der Waals surface area contributed by atoms with E-state index in [0.29, 0.717) is 0 Å². The Morgan fingerprint density at radius 3 is 1.19 bits per heavy atom. The molecule has 0 saturated heterocycles. The molecule has 1 radical (unpaired) electrons. The summed E-state index contributed by atoms with van der Waals surface area (Å²) in [6.45, 7) is 7.00. The van der Waals surface area contributed by atoms with E-state index in [1.54, 1.807) is 13.3 Å². The molecule has 0 amide bonds. The molecule has 0 atom stereocenters. The molecular weight excluding hydrogens is 311 g/mol. The molecule has 0 saturated carbocycles. The van der Waals surface area contributed by atoms with Crippen molar-refractivity contribution < 1.29 is 15.6 Å². The number of unbranched alkanes of at least 4 members (excludes halogenated alkanes) is 3. The maximum Gasteiger partial charge on any atom is -0.0737 e. The molecule has 0 fully saturated rings. The van der Waals surface area contributed by atoms with Crippen LogP contribution in [0.3, 0.4) is 0 Å². The molecule has 0 unspecified atom stereocenters.